The minimum Gasteiger partial charge on any atom is -0.367 e. The van der Waals surface area contributed by atoms with Crippen LogP contribution in [-0.2, 0) is 4.79 Å². The van der Waals surface area contributed by atoms with Crippen molar-refractivity contribution in [3.05, 3.63) is 87.3 Å². The third kappa shape index (κ3) is 4.81. The van der Waals surface area contributed by atoms with Crippen LogP contribution in [0, 0.1) is 10.1 Å². The Bertz CT molecular complexity index is 925. The first-order valence-electron chi connectivity index (χ1n) is 8.00. The molecule has 1 aliphatic heterocycles. The number of nitrogens with zero attached hydrogens (tertiary/aromatic N) is 2. The number of nitro groups is 1. The van der Waals surface area contributed by atoms with Crippen molar-refractivity contribution in [2.75, 3.05) is 12.0 Å². The number of thioether (sulfide) groups is 1. The zero-order chi connectivity index (χ0) is 19.2. The maximum atomic E-state index is 12.5. The van der Waals surface area contributed by atoms with Crippen LogP contribution in [0.2, 0.25) is 0 Å². The molecule has 1 amide bonds. The van der Waals surface area contributed by atoms with E-state index in [0.717, 1.165) is 5.56 Å². The largest absolute Gasteiger partial charge is 0.367 e. The molecule has 0 spiro atoms. The molecule has 3 rings (SSSR count). The van der Waals surface area contributed by atoms with E-state index >= 15 is 0 Å². The first-order valence-corrected chi connectivity index (χ1v) is 9.22. The fourth-order valence-electron chi connectivity index (χ4n) is 2.33. The number of carbonyl (C=O) groups is 1. The topological polar surface area (TPSA) is 75.5 Å². The van der Waals surface area contributed by atoms with Crippen LogP contribution in [0.3, 0.4) is 0 Å². The van der Waals surface area contributed by atoms with Crippen molar-refractivity contribution in [3.63, 3.8) is 0 Å². The van der Waals surface area contributed by atoms with E-state index in [4.69, 9.17) is 12.2 Å². The Labute approximate surface area is 165 Å². The highest BCUT2D eigenvalue weighted by Crippen LogP contribution is 2.31. The molecule has 1 aliphatic rings. The van der Waals surface area contributed by atoms with Crippen molar-refractivity contribution in [1.29, 1.82) is 0 Å². The standard InChI is InChI=1S/C19H15N3O3S2/c23-18-17(8-4-7-14-5-2-1-3-6-14)27-19(26)21(18)13-20-15-9-11-16(12-10-15)22(24)25/h1-12,20H,13H2. The molecule has 0 unspecified atom stereocenters. The number of anilines is 1. The van der Waals surface area contributed by atoms with E-state index in [1.807, 2.05) is 42.5 Å². The summed E-state index contributed by atoms with van der Waals surface area (Å²) >= 11 is 6.53. The van der Waals surface area contributed by atoms with Gasteiger partial charge in [-0.1, -0.05) is 66.5 Å². The molecule has 2 aromatic carbocycles. The Morgan fingerprint density at radius 3 is 2.52 bits per heavy atom. The second kappa shape index (κ2) is 8.61. The number of nitrogens with one attached hydrogen (secondary N) is 1. The van der Waals surface area contributed by atoms with E-state index < -0.39 is 4.92 Å². The predicted molar refractivity (Wildman–Crippen MR) is 112 cm³/mol. The molecule has 1 saturated heterocycles. The summed E-state index contributed by atoms with van der Waals surface area (Å²) in [7, 11) is 0. The van der Waals surface area contributed by atoms with E-state index in [0.29, 0.717) is 14.9 Å². The van der Waals surface area contributed by atoms with Gasteiger partial charge in [-0.15, -0.1) is 0 Å². The van der Waals surface area contributed by atoms with Crippen molar-refractivity contribution in [3.8, 4) is 0 Å². The highest BCUT2D eigenvalue weighted by Gasteiger charge is 2.31. The molecule has 27 heavy (non-hydrogen) atoms. The van der Waals surface area contributed by atoms with Crippen molar-refractivity contribution in [1.82, 2.24) is 4.90 Å². The molecular weight excluding hydrogens is 382 g/mol. The average molecular weight is 397 g/mol. The first kappa shape index (κ1) is 18.8. The Morgan fingerprint density at radius 2 is 1.85 bits per heavy atom. The molecule has 0 saturated carbocycles. The molecule has 0 radical (unpaired) electrons. The molecule has 0 aromatic heterocycles. The van der Waals surface area contributed by atoms with E-state index in [9.17, 15) is 14.9 Å². The second-order valence-corrected chi connectivity index (χ2v) is 7.22. The van der Waals surface area contributed by atoms with E-state index in [-0.39, 0.29) is 18.3 Å². The van der Waals surface area contributed by atoms with Gasteiger partial charge in [0.2, 0.25) is 0 Å². The highest BCUT2D eigenvalue weighted by atomic mass is 32.2. The van der Waals surface area contributed by atoms with Gasteiger partial charge in [-0.05, 0) is 23.8 Å². The summed E-state index contributed by atoms with van der Waals surface area (Å²) in [6.07, 6.45) is 5.49. The van der Waals surface area contributed by atoms with E-state index in [1.165, 1.54) is 28.8 Å². The van der Waals surface area contributed by atoms with Crippen LogP contribution < -0.4 is 5.32 Å². The summed E-state index contributed by atoms with van der Waals surface area (Å²) in [5.41, 5.74) is 1.73. The average Bonchev–Trinajstić information content (AvgIpc) is 2.94. The fourth-order valence-corrected chi connectivity index (χ4v) is 3.54. The number of rotatable bonds is 6. The molecule has 0 bridgehead atoms. The zero-order valence-electron chi connectivity index (χ0n) is 14.1. The van der Waals surface area contributed by atoms with Gasteiger partial charge in [-0.3, -0.25) is 19.8 Å². The first-order chi connectivity index (χ1) is 13.0. The lowest BCUT2D eigenvalue weighted by Crippen LogP contribution is -2.33. The fraction of sp³-hybridized carbons (Fsp3) is 0.0526. The third-order valence-corrected chi connectivity index (χ3v) is 5.12. The van der Waals surface area contributed by atoms with Crippen LogP contribution in [0.5, 0.6) is 0 Å². The minimum absolute atomic E-state index is 0.0132. The van der Waals surface area contributed by atoms with Crippen molar-refractivity contribution < 1.29 is 9.72 Å². The highest BCUT2D eigenvalue weighted by molar-refractivity contribution is 8.26. The number of allylic oxidation sites excluding steroid dienone is 2. The molecular formula is C19H15N3O3S2. The van der Waals surface area contributed by atoms with Crippen LogP contribution >= 0.6 is 24.0 Å². The summed E-state index contributed by atoms with van der Waals surface area (Å²) in [6, 6.07) is 15.8. The molecule has 1 N–H and O–H groups in total. The third-order valence-electron chi connectivity index (χ3n) is 3.73. The summed E-state index contributed by atoms with van der Waals surface area (Å²) in [4.78, 5) is 24.7. The summed E-state index contributed by atoms with van der Waals surface area (Å²) in [5, 5.41) is 13.7. The van der Waals surface area contributed by atoms with Gasteiger partial charge in [-0.2, -0.15) is 0 Å². The van der Waals surface area contributed by atoms with Crippen molar-refractivity contribution >= 4 is 51.7 Å². The van der Waals surface area contributed by atoms with Gasteiger partial charge in [0, 0.05) is 17.8 Å². The Morgan fingerprint density at radius 1 is 1.15 bits per heavy atom. The molecule has 0 atom stereocenters. The molecule has 0 aliphatic carbocycles. The molecule has 136 valence electrons. The molecule has 1 fully saturated rings. The Balaban J connectivity index is 1.61. The van der Waals surface area contributed by atoms with Crippen molar-refractivity contribution in [2.45, 2.75) is 0 Å². The van der Waals surface area contributed by atoms with Gasteiger partial charge in [0.25, 0.3) is 11.6 Å². The van der Waals surface area contributed by atoms with Crippen LogP contribution in [0.25, 0.3) is 6.08 Å². The normalized spacial score (nSPS) is 15.7. The smallest absolute Gasteiger partial charge is 0.269 e. The second-order valence-electron chi connectivity index (χ2n) is 5.54. The van der Waals surface area contributed by atoms with Gasteiger partial charge >= 0.3 is 0 Å². The Kier molecular flexibility index (Phi) is 6.00. The number of amides is 1. The van der Waals surface area contributed by atoms with Crippen LogP contribution in [0.15, 0.2) is 71.7 Å². The van der Waals surface area contributed by atoms with Crippen LogP contribution in [0.1, 0.15) is 5.56 Å². The number of hydrogen-bond donors (Lipinski definition) is 1. The van der Waals surface area contributed by atoms with Crippen LogP contribution in [-0.4, -0.2) is 26.7 Å². The zero-order valence-corrected chi connectivity index (χ0v) is 15.7. The van der Waals surface area contributed by atoms with Gasteiger partial charge in [0.1, 0.15) is 4.32 Å². The van der Waals surface area contributed by atoms with Crippen molar-refractivity contribution in [2.24, 2.45) is 0 Å². The maximum Gasteiger partial charge on any atom is 0.269 e. The van der Waals surface area contributed by atoms with Gasteiger partial charge in [0.05, 0.1) is 16.5 Å². The maximum absolute atomic E-state index is 12.5. The monoisotopic (exact) mass is 397 g/mol. The SMILES string of the molecule is O=C1C(=CC=Cc2ccccc2)SC(=S)N1CNc1ccc([N+](=O)[O-])cc1. The number of benzene rings is 2. The van der Waals surface area contributed by atoms with E-state index in [1.54, 1.807) is 18.2 Å². The number of carbonyl (C=O) groups excluding carboxylic acids is 1. The minimum atomic E-state index is -0.459. The van der Waals surface area contributed by atoms with Gasteiger partial charge < -0.3 is 5.32 Å². The van der Waals surface area contributed by atoms with Gasteiger partial charge in [0.15, 0.2) is 0 Å². The van der Waals surface area contributed by atoms with Gasteiger partial charge in [-0.25, -0.2) is 0 Å². The lowest BCUT2D eigenvalue weighted by molar-refractivity contribution is -0.384. The lowest BCUT2D eigenvalue weighted by Gasteiger charge is -2.16. The summed E-state index contributed by atoms with van der Waals surface area (Å²) in [6.45, 7) is 0.197. The number of thiocarbonyl (C=S) groups is 1. The summed E-state index contributed by atoms with van der Waals surface area (Å²) < 4.78 is 0.466. The number of non-ortho nitro benzene ring substituents is 1. The number of nitro benzene ring substituents is 1. The molecule has 2 aromatic rings. The molecule has 8 heteroatoms. The lowest BCUT2D eigenvalue weighted by atomic mass is 10.2. The van der Waals surface area contributed by atoms with Crippen LogP contribution in [0.4, 0.5) is 11.4 Å². The quantitative estimate of drug-likeness (QED) is 0.337. The number of hydrogen-bond acceptors (Lipinski definition) is 6. The Hall–Kier alpha value is -2.97. The van der Waals surface area contributed by atoms with E-state index in [2.05, 4.69) is 5.32 Å². The molecule has 6 nitrogen and oxygen atoms in total. The predicted octanol–water partition coefficient (Wildman–Crippen LogP) is 4.42. The summed E-state index contributed by atoms with van der Waals surface area (Å²) in [5.74, 6) is -0.169. The molecule has 1 heterocycles.